The number of aromatic carboxylic acids is 1. The van der Waals surface area contributed by atoms with Crippen molar-refractivity contribution >= 4 is 11.9 Å². The molecule has 2 heterocycles. The van der Waals surface area contributed by atoms with Gasteiger partial charge < -0.3 is 10.0 Å². The standard InChI is InChI=1S/C19H18F2N2O3/c1-11(24)23-6-2-3-16(23)15-5-4-13(17(20)18(15)21)7-12-8-14(19(25)26)10-22-9-12/h4-5,8-10,16H,2-3,6-7H2,1H3,(H,25,26). The van der Waals surface area contributed by atoms with Gasteiger partial charge in [0, 0.05) is 37.8 Å². The number of carbonyl (C=O) groups is 2. The quantitative estimate of drug-likeness (QED) is 0.908. The maximum absolute atomic E-state index is 14.6. The molecule has 1 N–H and O–H groups in total. The number of carboxylic acid groups (broad SMARTS) is 1. The van der Waals surface area contributed by atoms with E-state index in [4.69, 9.17) is 5.11 Å². The number of benzene rings is 1. The number of carbonyl (C=O) groups excluding carboxylic acids is 1. The topological polar surface area (TPSA) is 70.5 Å². The van der Waals surface area contributed by atoms with Crippen LogP contribution in [0.5, 0.6) is 0 Å². The van der Waals surface area contributed by atoms with E-state index in [0.29, 0.717) is 18.5 Å². The molecule has 1 aliphatic rings. The summed E-state index contributed by atoms with van der Waals surface area (Å²) in [6, 6.07) is 3.93. The zero-order chi connectivity index (χ0) is 18.8. The molecule has 0 saturated carbocycles. The maximum atomic E-state index is 14.6. The normalized spacial score (nSPS) is 16.7. The van der Waals surface area contributed by atoms with Crippen LogP contribution in [0.4, 0.5) is 8.78 Å². The van der Waals surface area contributed by atoms with Gasteiger partial charge in [-0.1, -0.05) is 12.1 Å². The number of aromatic nitrogens is 1. The van der Waals surface area contributed by atoms with E-state index in [1.54, 1.807) is 4.90 Å². The molecule has 1 aromatic carbocycles. The lowest BCUT2D eigenvalue weighted by molar-refractivity contribution is -0.129. The van der Waals surface area contributed by atoms with Gasteiger partial charge in [-0.15, -0.1) is 0 Å². The second-order valence-corrected chi connectivity index (χ2v) is 6.38. The van der Waals surface area contributed by atoms with Gasteiger partial charge in [-0.2, -0.15) is 0 Å². The molecule has 0 aliphatic carbocycles. The molecule has 1 saturated heterocycles. The molecule has 1 aromatic heterocycles. The molecule has 3 rings (SSSR count). The van der Waals surface area contributed by atoms with Gasteiger partial charge in [-0.05, 0) is 30.0 Å². The Bertz CT molecular complexity index is 870. The summed E-state index contributed by atoms with van der Waals surface area (Å²) in [5.41, 5.74) is 0.754. The Morgan fingerprint density at radius 3 is 2.73 bits per heavy atom. The van der Waals surface area contributed by atoms with Crippen LogP contribution in [0.25, 0.3) is 0 Å². The third kappa shape index (κ3) is 3.42. The molecular weight excluding hydrogens is 342 g/mol. The van der Waals surface area contributed by atoms with Crippen LogP contribution in [0, 0.1) is 11.6 Å². The first kappa shape index (κ1) is 18.0. The van der Waals surface area contributed by atoms with Crippen LogP contribution >= 0.6 is 0 Å². The van der Waals surface area contributed by atoms with Gasteiger partial charge in [0.15, 0.2) is 11.6 Å². The summed E-state index contributed by atoms with van der Waals surface area (Å²) in [7, 11) is 0. The average molecular weight is 360 g/mol. The monoisotopic (exact) mass is 360 g/mol. The van der Waals surface area contributed by atoms with Crippen LogP contribution in [-0.4, -0.2) is 33.4 Å². The first-order valence-electron chi connectivity index (χ1n) is 8.29. The number of amides is 1. The summed E-state index contributed by atoms with van der Waals surface area (Å²) in [5.74, 6) is -3.22. The largest absolute Gasteiger partial charge is 0.478 e. The second-order valence-electron chi connectivity index (χ2n) is 6.38. The SMILES string of the molecule is CC(=O)N1CCCC1c1ccc(Cc2cncc(C(=O)O)c2)c(F)c1F. The first-order valence-corrected chi connectivity index (χ1v) is 8.29. The number of carboxylic acids is 1. The molecule has 0 bridgehead atoms. The molecule has 7 heteroatoms. The highest BCUT2D eigenvalue weighted by molar-refractivity contribution is 5.87. The molecule has 26 heavy (non-hydrogen) atoms. The van der Waals surface area contributed by atoms with Crippen LogP contribution in [-0.2, 0) is 11.2 Å². The molecule has 5 nitrogen and oxygen atoms in total. The predicted octanol–water partition coefficient (Wildman–Crippen LogP) is 3.33. The van der Waals surface area contributed by atoms with Crippen LogP contribution in [0.3, 0.4) is 0 Å². The highest BCUT2D eigenvalue weighted by atomic mass is 19.2. The number of halogens is 2. The third-order valence-electron chi connectivity index (χ3n) is 4.64. The van der Waals surface area contributed by atoms with Gasteiger partial charge in [0.25, 0.3) is 0 Å². The minimum absolute atomic E-state index is 0.0111. The van der Waals surface area contributed by atoms with Crippen molar-refractivity contribution in [3.05, 3.63) is 64.5 Å². The number of likely N-dealkylation sites (tertiary alicyclic amines) is 1. The highest BCUT2D eigenvalue weighted by Crippen LogP contribution is 2.35. The molecule has 1 unspecified atom stereocenters. The fourth-order valence-electron chi connectivity index (χ4n) is 3.39. The molecule has 1 atom stereocenters. The summed E-state index contributed by atoms with van der Waals surface area (Å²) in [6.07, 6.45) is 3.99. The zero-order valence-corrected chi connectivity index (χ0v) is 14.2. The Balaban J connectivity index is 1.89. The van der Waals surface area contributed by atoms with Crippen LogP contribution in [0.2, 0.25) is 0 Å². The highest BCUT2D eigenvalue weighted by Gasteiger charge is 2.31. The van der Waals surface area contributed by atoms with Gasteiger partial charge in [-0.25, -0.2) is 13.6 Å². The van der Waals surface area contributed by atoms with E-state index < -0.39 is 23.6 Å². The van der Waals surface area contributed by atoms with E-state index in [1.807, 2.05) is 0 Å². The number of hydrogen-bond donors (Lipinski definition) is 1. The van der Waals surface area contributed by atoms with Crippen molar-refractivity contribution in [1.82, 2.24) is 9.88 Å². The molecule has 0 radical (unpaired) electrons. The van der Waals surface area contributed by atoms with E-state index in [0.717, 1.165) is 6.42 Å². The van der Waals surface area contributed by atoms with Gasteiger partial charge in [0.05, 0.1) is 11.6 Å². The number of pyridine rings is 1. The summed E-state index contributed by atoms with van der Waals surface area (Å²) >= 11 is 0. The van der Waals surface area contributed by atoms with Crippen LogP contribution in [0.15, 0.2) is 30.6 Å². The Hall–Kier alpha value is -2.83. The molecule has 2 aromatic rings. The maximum Gasteiger partial charge on any atom is 0.337 e. The van der Waals surface area contributed by atoms with Crippen molar-refractivity contribution < 1.29 is 23.5 Å². The third-order valence-corrected chi connectivity index (χ3v) is 4.64. The number of hydrogen-bond acceptors (Lipinski definition) is 3. The molecule has 1 fully saturated rings. The summed E-state index contributed by atoms with van der Waals surface area (Å²) in [5, 5.41) is 9.00. The van der Waals surface area contributed by atoms with Crippen LogP contribution in [0.1, 0.15) is 52.9 Å². The average Bonchev–Trinajstić information content (AvgIpc) is 3.09. The van der Waals surface area contributed by atoms with Crippen molar-refractivity contribution in [3.8, 4) is 0 Å². The van der Waals surface area contributed by atoms with Crippen molar-refractivity contribution in [2.75, 3.05) is 6.54 Å². The van der Waals surface area contributed by atoms with Gasteiger partial charge in [0.2, 0.25) is 5.91 Å². The molecule has 1 amide bonds. The van der Waals surface area contributed by atoms with E-state index in [2.05, 4.69) is 4.98 Å². The lowest BCUT2D eigenvalue weighted by Crippen LogP contribution is -2.28. The fourth-order valence-corrected chi connectivity index (χ4v) is 3.39. The Morgan fingerprint density at radius 1 is 1.27 bits per heavy atom. The van der Waals surface area contributed by atoms with Crippen LogP contribution < -0.4 is 0 Å². The van der Waals surface area contributed by atoms with E-state index in [1.165, 1.54) is 37.5 Å². The minimum Gasteiger partial charge on any atom is -0.478 e. The summed E-state index contributed by atoms with van der Waals surface area (Å²) in [6.45, 7) is 1.96. The van der Waals surface area contributed by atoms with Gasteiger partial charge >= 0.3 is 5.97 Å². The second kappa shape index (κ2) is 7.19. The van der Waals surface area contributed by atoms with Gasteiger partial charge in [0.1, 0.15) is 0 Å². The molecular formula is C19H18F2N2O3. The molecule has 1 aliphatic heterocycles. The Kier molecular flexibility index (Phi) is 4.97. The predicted molar refractivity (Wildman–Crippen MR) is 89.7 cm³/mol. The smallest absolute Gasteiger partial charge is 0.337 e. The Labute approximate surface area is 149 Å². The van der Waals surface area contributed by atoms with E-state index in [9.17, 15) is 18.4 Å². The molecule has 136 valence electrons. The summed E-state index contributed by atoms with van der Waals surface area (Å²) < 4.78 is 29.2. The number of nitrogens with zero attached hydrogens (tertiary/aromatic N) is 2. The van der Waals surface area contributed by atoms with Crippen molar-refractivity contribution in [3.63, 3.8) is 0 Å². The lowest BCUT2D eigenvalue weighted by atomic mass is 9.98. The van der Waals surface area contributed by atoms with Gasteiger partial charge in [-0.3, -0.25) is 9.78 Å². The minimum atomic E-state index is -1.13. The van der Waals surface area contributed by atoms with Crippen molar-refractivity contribution in [2.45, 2.75) is 32.2 Å². The summed E-state index contributed by atoms with van der Waals surface area (Å²) in [4.78, 5) is 28.0. The van der Waals surface area contributed by atoms with Crippen molar-refractivity contribution in [1.29, 1.82) is 0 Å². The van der Waals surface area contributed by atoms with E-state index >= 15 is 0 Å². The van der Waals surface area contributed by atoms with E-state index in [-0.39, 0.29) is 29.0 Å². The van der Waals surface area contributed by atoms with Crippen molar-refractivity contribution in [2.24, 2.45) is 0 Å². The molecule has 0 spiro atoms. The zero-order valence-electron chi connectivity index (χ0n) is 14.2. The Morgan fingerprint density at radius 2 is 2.04 bits per heavy atom. The first-order chi connectivity index (χ1) is 12.4. The number of rotatable bonds is 4. The lowest BCUT2D eigenvalue weighted by Gasteiger charge is -2.24. The fraction of sp³-hybridized carbons (Fsp3) is 0.316.